The molecule has 1 N–H and O–H groups in total. The zero-order valence-electron chi connectivity index (χ0n) is 13.3. The Labute approximate surface area is 145 Å². The minimum absolute atomic E-state index is 0.0198. The van der Waals surface area contributed by atoms with E-state index in [1.165, 1.54) is 0 Å². The predicted octanol–water partition coefficient (Wildman–Crippen LogP) is 2.39. The van der Waals surface area contributed by atoms with E-state index in [-0.39, 0.29) is 11.8 Å². The van der Waals surface area contributed by atoms with Crippen molar-refractivity contribution in [2.45, 2.75) is 12.8 Å². The van der Waals surface area contributed by atoms with Crippen LogP contribution in [0.2, 0.25) is 5.15 Å². The number of aromatic nitrogens is 3. The van der Waals surface area contributed by atoms with Crippen molar-refractivity contribution in [1.29, 1.82) is 0 Å². The van der Waals surface area contributed by atoms with Crippen molar-refractivity contribution in [1.82, 2.24) is 15.2 Å². The molecule has 3 heterocycles. The van der Waals surface area contributed by atoms with Gasteiger partial charge < -0.3 is 15.0 Å². The van der Waals surface area contributed by atoms with Gasteiger partial charge in [-0.05, 0) is 31.0 Å². The molecule has 0 aliphatic carbocycles. The number of hydrogen-bond acceptors (Lipinski definition) is 6. The maximum atomic E-state index is 12.5. The number of carbonyl (C=O) groups excluding carboxylic acids is 1. The minimum atomic E-state index is -0.113. The first-order valence-electron chi connectivity index (χ1n) is 7.71. The second kappa shape index (κ2) is 7.44. The Morgan fingerprint density at radius 3 is 2.88 bits per heavy atom. The SMILES string of the molecule is COc1ccc(NC(=O)[C@H]2CCCN(c3ccc(Cl)nn3)C2)cn1. The van der Waals surface area contributed by atoms with Crippen molar-refractivity contribution < 1.29 is 9.53 Å². The van der Waals surface area contributed by atoms with E-state index in [0.29, 0.717) is 23.3 Å². The maximum Gasteiger partial charge on any atom is 0.229 e. The first kappa shape index (κ1) is 16.4. The Morgan fingerprint density at radius 2 is 2.21 bits per heavy atom. The number of piperidine rings is 1. The van der Waals surface area contributed by atoms with Gasteiger partial charge in [0.25, 0.3) is 0 Å². The zero-order chi connectivity index (χ0) is 16.9. The van der Waals surface area contributed by atoms with Crippen LogP contribution < -0.4 is 15.0 Å². The lowest BCUT2D eigenvalue weighted by molar-refractivity contribution is -0.120. The summed E-state index contributed by atoms with van der Waals surface area (Å²) in [7, 11) is 1.55. The van der Waals surface area contributed by atoms with Crippen LogP contribution in [0.25, 0.3) is 0 Å². The molecule has 8 heteroatoms. The molecular formula is C16H18ClN5O2. The number of carbonyl (C=O) groups is 1. The lowest BCUT2D eigenvalue weighted by atomic mass is 9.97. The second-order valence-corrected chi connectivity index (χ2v) is 5.97. The van der Waals surface area contributed by atoms with Gasteiger partial charge in [-0.3, -0.25) is 4.79 Å². The van der Waals surface area contributed by atoms with E-state index >= 15 is 0 Å². The molecule has 0 bridgehead atoms. The molecule has 3 rings (SSSR count). The van der Waals surface area contributed by atoms with E-state index in [9.17, 15) is 4.79 Å². The first-order chi connectivity index (χ1) is 11.7. The first-order valence-corrected chi connectivity index (χ1v) is 8.08. The lowest BCUT2D eigenvalue weighted by Crippen LogP contribution is -2.41. The van der Waals surface area contributed by atoms with Crippen LogP contribution in [0.4, 0.5) is 11.5 Å². The average Bonchev–Trinajstić information content (AvgIpc) is 2.63. The fourth-order valence-electron chi connectivity index (χ4n) is 2.70. The fourth-order valence-corrected chi connectivity index (χ4v) is 2.80. The van der Waals surface area contributed by atoms with Crippen molar-refractivity contribution in [3.05, 3.63) is 35.6 Å². The third-order valence-electron chi connectivity index (χ3n) is 3.95. The molecule has 2 aromatic heterocycles. The van der Waals surface area contributed by atoms with Crippen molar-refractivity contribution in [2.24, 2.45) is 5.92 Å². The molecule has 1 saturated heterocycles. The summed E-state index contributed by atoms with van der Waals surface area (Å²) in [5, 5.41) is 11.2. The summed E-state index contributed by atoms with van der Waals surface area (Å²) < 4.78 is 5.01. The smallest absolute Gasteiger partial charge is 0.229 e. The standard InChI is InChI=1S/C16H18ClN5O2/c1-24-15-7-4-12(9-18-15)19-16(23)11-3-2-8-22(10-11)14-6-5-13(17)20-21-14/h4-7,9,11H,2-3,8,10H2,1H3,(H,19,23)/t11-/m0/s1. The molecular weight excluding hydrogens is 330 g/mol. The summed E-state index contributed by atoms with van der Waals surface area (Å²) >= 11 is 5.77. The number of ether oxygens (including phenoxy) is 1. The molecule has 1 aliphatic rings. The Bertz CT molecular complexity index is 693. The van der Waals surface area contributed by atoms with Crippen LogP contribution in [0.15, 0.2) is 30.5 Å². The Hall–Kier alpha value is -2.41. The van der Waals surface area contributed by atoms with Crippen LogP contribution in [0, 0.1) is 5.92 Å². The number of rotatable bonds is 4. The van der Waals surface area contributed by atoms with Gasteiger partial charge in [-0.15, -0.1) is 10.2 Å². The van der Waals surface area contributed by atoms with Gasteiger partial charge in [-0.1, -0.05) is 11.6 Å². The molecule has 24 heavy (non-hydrogen) atoms. The van der Waals surface area contributed by atoms with E-state index in [1.54, 1.807) is 31.5 Å². The topological polar surface area (TPSA) is 80.2 Å². The minimum Gasteiger partial charge on any atom is -0.481 e. The molecule has 0 unspecified atom stereocenters. The van der Waals surface area contributed by atoms with E-state index < -0.39 is 0 Å². The fraction of sp³-hybridized carbons (Fsp3) is 0.375. The second-order valence-electron chi connectivity index (χ2n) is 5.58. The lowest BCUT2D eigenvalue weighted by Gasteiger charge is -2.32. The molecule has 2 aromatic rings. The van der Waals surface area contributed by atoms with Gasteiger partial charge in [0.1, 0.15) is 0 Å². The molecule has 7 nitrogen and oxygen atoms in total. The van der Waals surface area contributed by atoms with Gasteiger partial charge in [0.05, 0.1) is 24.9 Å². The third kappa shape index (κ3) is 3.91. The molecule has 0 radical (unpaired) electrons. The van der Waals surface area contributed by atoms with E-state index in [1.807, 2.05) is 6.07 Å². The number of nitrogens with one attached hydrogen (secondary N) is 1. The molecule has 0 saturated carbocycles. The number of pyridine rings is 1. The van der Waals surface area contributed by atoms with Crippen LogP contribution in [-0.2, 0) is 4.79 Å². The van der Waals surface area contributed by atoms with Crippen LogP contribution in [-0.4, -0.2) is 41.3 Å². The zero-order valence-corrected chi connectivity index (χ0v) is 14.0. The normalized spacial score (nSPS) is 17.4. The van der Waals surface area contributed by atoms with E-state index in [4.69, 9.17) is 16.3 Å². The summed E-state index contributed by atoms with van der Waals surface area (Å²) in [4.78, 5) is 18.6. The summed E-state index contributed by atoms with van der Waals surface area (Å²) in [6.45, 7) is 1.45. The summed E-state index contributed by atoms with van der Waals surface area (Å²) in [5.41, 5.74) is 0.657. The third-order valence-corrected chi connectivity index (χ3v) is 4.15. The molecule has 1 fully saturated rings. The number of hydrogen-bond donors (Lipinski definition) is 1. The molecule has 1 aliphatic heterocycles. The quantitative estimate of drug-likeness (QED) is 0.914. The van der Waals surface area contributed by atoms with Gasteiger partial charge in [-0.25, -0.2) is 4.98 Å². The number of methoxy groups -OCH3 is 1. The van der Waals surface area contributed by atoms with Crippen LogP contribution in [0.3, 0.4) is 0 Å². The highest BCUT2D eigenvalue weighted by atomic mass is 35.5. The summed E-state index contributed by atoms with van der Waals surface area (Å²) in [6.07, 6.45) is 3.35. The van der Waals surface area contributed by atoms with Crippen molar-refractivity contribution >= 4 is 29.0 Å². The van der Waals surface area contributed by atoms with Gasteiger partial charge in [0.15, 0.2) is 11.0 Å². The van der Waals surface area contributed by atoms with Gasteiger partial charge in [0, 0.05) is 19.2 Å². The monoisotopic (exact) mass is 347 g/mol. The highest BCUT2D eigenvalue weighted by Crippen LogP contribution is 2.23. The van der Waals surface area contributed by atoms with Crippen LogP contribution >= 0.6 is 11.6 Å². The Kier molecular flexibility index (Phi) is 5.10. The average molecular weight is 348 g/mol. The molecule has 1 amide bonds. The number of amides is 1. The molecule has 0 aromatic carbocycles. The van der Waals surface area contributed by atoms with Gasteiger partial charge in [0.2, 0.25) is 11.8 Å². The van der Waals surface area contributed by atoms with Crippen molar-refractivity contribution in [3.8, 4) is 5.88 Å². The van der Waals surface area contributed by atoms with Gasteiger partial charge >= 0.3 is 0 Å². The van der Waals surface area contributed by atoms with Crippen LogP contribution in [0.5, 0.6) is 5.88 Å². The molecule has 0 spiro atoms. The van der Waals surface area contributed by atoms with Crippen LogP contribution in [0.1, 0.15) is 12.8 Å². The van der Waals surface area contributed by atoms with E-state index in [2.05, 4.69) is 25.4 Å². The van der Waals surface area contributed by atoms with Crippen molar-refractivity contribution in [3.63, 3.8) is 0 Å². The van der Waals surface area contributed by atoms with Gasteiger partial charge in [-0.2, -0.15) is 0 Å². The Morgan fingerprint density at radius 1 is 1.33 bits per heavy atom. The highest BCUT2D eigenvalue weighted by Gasteiger charge is 2.26. The Balaban J connectivity index is 1.63. The largest absolute Gasteiger partial charge is 0.481 e. The number of nitrogens with zero attached hydrogens (tertiary/aromatic N) is 4. The number of anilines is 2. The van der Waals surface area contributed by atoms with Crippen molar-refractivity contribution in [2.75, 3.05) is 30.4 Å². The highest BCUT2D eigenvalue weighted by molar-refractivity contribution is 6.29. The molecule has 1 atom stereocenters. The number of halogens is 1. The summed E-state index contributed by atoms with van der Waals surface area (Å²) in [6, 6.07) is 7.01. The molecule has 126 valence electrons. The summed E-state index contributed by atoms with van der Waals surface area (Å²) in [5.74, 6) is 1.12. The predicted molar refractivity (Wildman–Crippen MR) is 91.4 cm³/mol. The van der Waals surface area contributed by atoms with E-state index in [0.717, 1.165) is 25.2 Å². The maximum absolute atomic E-state index is 12.5.